The summed E-state index contributed by atoms with van der Waals surface area (Å²) in [6.07, 6.45) is 1.76. The highest BCUT2D eigenvalue weighted by Gasteiger charge is 2.10. The Bertz CT molecular complexity index is 1110. The van der Waals surface area contributed by atoms with Gasteiger partial charge in [0.2, 0.25) is 4.80 Å². The van der Waals surface area contributed by atoms with Crippen LogP contribution in [-0.4, -0.2) is 10.8 Å². The molecular weight excluding hydrogens is 374 g/mol. The van der Waals surface area contributed by atoms with Crippen LogP contribution in [0.25, 0.3) is 16.9 Å². The number of benzene rings is 3. The SMILES string of the molecule is Clc1ccc(-c2cs/c(=N/N=C\c3ccccc3)n2-c2ccccc2)cc1. The molecule has 132 valence electrons. The van der Waals surface area contributed by atoms with Crippen LogP contribution in [0.4, 0.5) is 0 Å². The third kappa shape index (κ3) is 4.08. The summed E-state index contributed by atoms with van der Waals surface area (Å²) in [4.78, 5) is 0.804. The Labute approximate surface area is 166 Å². The van der Waals surface area contributed by atoms with Crippen molar-refractivity contribution in [3.8, 4) is 16.9 Å². The quantitative estimate of drug-likeness (QED) is 0.312. The molecule has 0 aliphatic carbocycles. The molecule has 0 radical (unpaired) electrons. The second-order valence-corrected chi connectivity index (χ2v) is 7.11. The van der Waals surface area contributed by atoms with Gasteiger partial charge in [0.25, 0.3) is 0 Å². The summed E-state index contributed by atoms with van der Waals surface area (Å²) in [5.41, 5.74) is 4.18. The smallest absolute Gasteiger partial charge is 0.215 e. The number of aromatic nitrogens is 1. The van der Waals surface area contributed by atoms with Crippen molar-refractivity contribution in [2.45, 2.75) is 0 Å². The minimum absolute atomic E-state index is 0.720. The summed E-state index contributed by atoms with van der Waals surface area (Å²) in [5.74, 6) is 0. The maximum atomic E-state index is 6.05. The second kappa shape index (κ2) is 8.16. The largest absolute Gasteiger partial charge is 0.284 e. The van der Waals surface area contributed by atoms with Gasteiger partial charge in [0, 0.05) is 16.1 Å². The van der Waals surface area contributed by atoms with Crippen molar-refractivity contribution in [2.24, 2.45) is 10.2 Å². The lowest BCUT2D eigenvalue weighted by atomic mass is 10.1. The van der Waals surface area contributed by atoms with E-state index in [0.717, 1.165) is 32.3 Å². The highest BCUT2D eigenvalue weighted by Crippen LogP contribution is 2.24. The number of para-hydroxylation sites is 1. The summed E-state index contributed by atoms with van der Waals surface area (Å²) in [7, 11) is 0. The summed E-state index contributed by atoms with van der Waals surface area (Å²) < 4.78 is 2.11. The van der Waals surface area contributed by atoms with Gasteiger partial charge in [-0.2, -0.15) is 5.10 Å². The molecule has 0 N–H and O–H groups in total. The number of rotatable bonds is 4. The van der Waals surface area contributed by atoms with E-state index in [0.29, 0.717) is 0 Å². The average Bonchev–Trinajstić information content (AvgIpc) is 3.14. The van der Waals surface area contributed by atoms with Crippen molar-refractivity contribution < 1.29 is 0 Å². The average molecular weight is 390 g/mol. The fraction of sp³-hybridized carbons (Fsp3) is 0. The van der Waals surface area contributed by atoms with Crippen LogP contribution >= 0.6 is 22.9 Å². The van der Waals surface area contributed by atoms with Gasteiger partial charge in [-0.25, -0.2) is 0 Å². The van der Waals surface area contributed by atoms with Crippen LogP contribution in [0.2, 0.25) is 5.02 Å². The summed E-state index contributed by atoms with van der Waals surface area (Å²) in [6.45, 7) is 0. The number of thiazole rings is 1. The molecule has 0 unspecified atom stereocenters. The van der Waals surface area contributed by atoms with Crippen LogP contribution in [0.3, 0.4) is 0 Å². The van der Waals surface area contributed by atoms with Crippen molar-refractivity contribution in [3.63, 3.8) is 0 Å². The third-order valence-electron chi connectivity index (χ3n) is 4.01. The predicted octanol–water partition coefficient (Wildman–Crippen LogP) is 5.79. The van der Waals surface area contributed by atoms with E-state index in [4.69, 9.17) is 11.6 Å². The van der Waals surface area contributed by atoms with Crippen molar-refractivity contribution in [1.29, 1.82) is 0 Å². The zero-order valence-electron chi connectivity index (χ0n) is 14.4. The molecular formula is C22H16ClN3S. The topological polar surface area (TPSA) is 29.6 Å². The van der Waals surface area contributed by atoms with Crippen LogP contribution in [-0.2, 0) is 0 Å². The predicted molar refractivity (Wildman–Crippen MR) is 114 cm³/mol. The molecule has 3 aromatic carbocycles. The monoisotopic (exact) mass is 389 g/mol. The van der Waals surface area contributed by atoms with E-state index in [1.54, 1.807) is 17.6 Å². The Hall–Kier alpha value is -2.95. The lowest BCUT2D eigenvalue weighted by molar-refractivity contribution is 0.973. The van der Waals surface area contributed by atoms with Crippen molar-refractivity contribution in [2.75, 3.05) is 0 Å². The van der Waals surface area contributed by atoms with Gasteiger partial charge in [-0.1, -0.05) is 72.3 Å². The normalized spacial score (nSPS) is 12.0. The van der Waals surface area contributed by atoms with Gasteiger partial charge >= 0.3 is 0 Å². The standard InChI is InChI=1S/C22H16ClN3S/c23-19-13-11-18(12-14-19)21-16-27-22(26(21)20-9-5-2-6-10-20)25-24-15-17-7-3-1-4-8-17/h1-16H/b24-15-,25-22+. The third-order valence-corrected chi connectivity index (χ3v) is 5.08. The Morgan fingerprint density at radius 3 is 2.19 bits per heavy atom. The Balaban J connectivity index is 1.81. The molecule has 0 saturated carbocycles. The molecule has 0 amide bonds. The van der Waals surface area contributed by atoms with E-state index in [9.17, 15) is 0 Å². The van der Waals surface area contributed by atoms with Crippen LogP contribution in [0.5, 0.6) is 0 Å². The van der Waals surface area contributed by atoms with Gasteiger partial charge in [0.05, 0.1) is 11.9 Å². The molecule has 0 spiro atoms. The van der Waals surface area contributed by atoms with E-state index >= 15 is 0 Å². The summed E-state index contributed by atoms with van der Waals surface area (Å²) in [5, 5.41) is 11.6. The van der Waals surface area contributed by atoms with Gasteiger partial charge in [-0.05, 0) is 35.4 Å². The molecule has 0 aliphatic rings. The highest BCUT2D eigenvalue weighted by molar-refractivity contribution is 7.07. The first-order valence-electron chi connectivity index (χ1n) is 8.45. The number of halogens is 1. The van der Waals surface area contributed by atoms with E-state index in [1.165, 1.54) is 0 Å². The Morgan fingerprint density at radius 1 is 0.815 bits per heavy atom. The van der Waals surface area contributed by atoms with E-state index in [-0.39, 0.29) is 0 Å². The van der Waals surface area contributed by atoms with Gasteiger partial charge in [0.15, 0.2) is 0 Å². The van der Waals surface area contributed by atoms with Gasteiger partial charge in [0.1, 0.15) is 0 Å². The molecule has 27 heavy (non-hydrogen) atoms. The maximum absolute atomic E-state index is 6.05. The maximum Gasteiger partial charge on any atom is 0.215 e. The van der Waals surface area contributed by atoms with Gasteiger partial charge in [-0.3, -0.25) is 4.57 Å². The molecule has 5 heteroatoms. The fourth-order valence-electron chi connectivity index (χ4n) is 2.71. The molecule has 0 atom stereocenters. The minimum atomic E-state index is 0.720. The Kier molecular flexibility index (Phi) is 5.28. The zero-order chi connectivity index (χ0) is 18.5. The number of hydrogen-bond donors (Lipinski definition) is 0. The lowest BCUT2D eigenvalue weighted by Gasteiger charge is -2.09. The van der Waals surface area contributed by atoms with E-state index < -0.39 is 0 Å². The first kappa shape index (κ1) is 17.5. The molecule has 4 aromatic rings. The van der Waals surface area contributed by atoms with Crippen LogP contribution in [0.1, 0.15) is 5.56 Å². The van der Waals surface area contributed by atoms with E-state index in [1.807, 2.05) is 72.8 Å². The fourth-order valence-corrected chi connectivity index (χ4v) is 3.70. The highest BCUT2D eigenvalue weighted by atomic mass is 35.5. The molecule has 0 saturated heterocycles. The van der Waals surface area contributed by atoms with Crippen LogP contribution in [0, 0.1) is 0 Å². The summed E-state index contributed by atoms with van der Waals surface area (Å²) >= 11 is 7.60. The van der Waals surface area contributed by atoms with Gasteiger partial charge < -0.3 is 0 Å². The molecule has 4 rings (SSSR count). The molecule has 0 bridgehead atoms. The first-order valence-corrected chi connectivity index (χ1v) is 9.71. The number of hydrogen-bond acceptors (Lipinski definition) is 3. The molecule has 3 nitrogen and oxygen atoms in total. The van der Waals surface area contributed by atoms with Crippen molar-refractivity contribution >= 4 is 29.2 Å². The van der Waals surface area contributed by atoms with Crippen molar-refractivity contribution in [3.05, 3.63) is 106 Å². The van der Waals surface area contributed by atoms with Crippen LogP contribution in [0.15, 0.2) is 101 Å². The molecule has 1 aromatic heterocycles. The van der Waals surface area contributed by atoms with Gasteiger partial charge in [-0.15, -0.1) is 16.4 Å². The van der Waals surface area contributed by atoms with Crippen LogP contribution < -0.4 is 4.80 Å². The second-order valence-electron chi connectivity index (χ2n) is 5.84. The zero-order valence-corrected chi connectivity index (χ0v) is 15.9. The Morgan fingerprint density at radius 2 is 1.48 bits per heavy atom. The molecule has 1 heterocycles. The molecule has 0 fully saturated rings. The first-order chi connectivity index (χ1) is 13.3. The number of nitrogens with zero attached hydrogens (tertiary/aromatic N) is 3. The summed E-state index contributed by atoms with van der Waals surface area (Å²) in [6, 6.07) is 27.9. The minimum Gasteiger partial charge on any atom is -0.284 e. The van der Waals surface area contributed by atoms with Crippen molar-refractivity contribution in [1.82, 2.24) is 4.57 Å². The lowest BCUT2D eigenvalue weighted by Crippen LogP contribution is -2.13. The van der Waals surface area contributed by atoms with E-state index in [2.05, 4.69) is 32.3 Å². The molecule has 0 aliphatic heterocycles.